The van der Waals surface area contributed by atoms with Gasteiger partial charge in [0.25, 0.3) is 0 Å². The maximum atomic E-state index is 3.59. The van der Waals surface area contributed by atoms with E-state index >= 15 is 0 Å². The number of hydrogen-bond donors (Lipinski definition) is 1. The molecule has 0 aliphatic heterocycles. The average molecular weight is 301 g/mol. The van der Waals surface area contributed by atoms with E-state index in [2.05, 4.69) is 86.9 Å². The van der Waals surface area contributed by atoms with Crippen molar-refractivity contribution in [2.75, 3.05) is 19.6 Å². The molecule has 3 nitrogen and oxygen atoms in total. The molecule has 0 spiro atoms. The summed E-state index contributed by atoms with van der Waals surface area (Å²) in [7, 11) is 2.11. The van der Waals surface area contributed by atoms with Crippen LogP contribution in [0, 0.1) is 0 Å². The van der Waals surface area contributed by atoms with Crippen LogP contribution >= 0.6 is 0 Å². The first-order valence-electron chi connectivity index (χ1n) is 8.36. The highest BCUT2D eigenvalue weighted by Crippen LogP contribution is 2.28. The van der Waals surface area contributed by atoms with Crippen LogP contribution in [0.5, 0.6) is 0 Å². The van der Waals surface area contributed by atoms with Crippen LogP contribution in [0.3, 0.4) is 0 Å². The van der Waals surface area contributed by atoms with Crippen molar-refractivity contribution in [1.29, 1.82) is 0 Å². The zero-order chi connectivity index (χ0) is 16.3. The molecule has 2 rings (SSSR count). The Morgan fingerprint density at radius 1 is 1.23 bits per heavy atom. The molecule has 0 aliphatic carbocycles. The number of nitrogens with one attached hydrogen (secondary N) is 1. The van der Waals surface area contributed by atoms with E-state index in [0.29, 0.717) is 6.04 Å². The second kappa shape index (κ2) is 6.84. The molecule has 1 aromatic heterocycles. The van der Waals surface area contributed by atoms with Gasteiger partial charge in [0, 0.05) is 48.8 Å². The van der Waals surface area contributed by atoms with Gasteiger partial charge < -0.3 is 9.88 Å². The molecule has 0 saturated heterocycles. The summed E-state index contributed by atoms with van der Waals surface area (Å²) >= 11 is 0. The van der Waals surface area contributed by atoms with E-state index in [1.54, 1.807) is 0 Å². The van der Waals surface area contributed by atoms with Gasteiger partial charge in [0.15, 0.2) is 0 Å². The second-order valence-corrected chi connectivity index (χ2v) is 7.19. The number of likely N-dealkylation sites (N-methyl/N-ethyl adjacent to an activating group) is 1. The van der Waals surface area contributed by atoms with Crippen molar-refractivity contribution >= 4 is 10.9 Å². The summed E-state index contributed by atoms with van der Waals surface area (Å²) in [5.74, 6) is 0. The largest absolute Gasteiger partial charge is 0.351 e. The molecule has 1 atom stereocenters. The van der Waals surface area contributed by atoms with Gasteiger partial charge in [-0.25, -0.2) is 0 Å². The Hall–Kier alpha value is -1.32. The topological polar surface area (TPSA) is 20.2 Å². The van der Waals surface area contributed by atoms with E-state index in [-0.39, 0.29) is 5.54 Å². The van der Waals surface area contributed by atoms with Crippen LogP contribution in [-0.2, 0) is 7.05 Å². The lowest BCUT2D eigenvalue weighted by atomic mass is 10.0. The summed E-state index contributed by atoms with van der Waals surface area (Å²) in [6.07, 6.45) is 2.15. The predicted octanol–water partition coefficient (Wildman–Crippen LogP) is 3.95. The minimum atomic E-state index is 0.183. The second-order valence-electron chi connectivity index (χ2n) is 7.19. The standard InChI is InChI=1S/C19H31N3/c1-7-22(14-12-20-19(3,4)5)15(2)16-9-8-10-18-17(16)11-13-21(18)6/h8-11,13,15,20H,7,12,14H2,1-6H3. The van der Waals surface area contributed by atoms with E-state index in [1.165, 1.54) is 16.5 Å². The van der Waals surface area contributed by atoms with Crippen molar-refractivity contribution in [3.63, 3.8) is 0 Å². The Labute approximate surface area is 135 Å². The average Bonchev–Trinajstić information content (AvgIpc) is 2.84. The maximum absolute atomic E-state index is 3.59. The molecule has 2 aromatic rings. The molecule has 0 fully saturated rings. The first-order chi connectivity index (χ1) is 10.3. The van der Waals surface area contributed by atoms with Crippen molar-refractivity contribution in [3.8, 4) is 0 Å². The summed E-state index contributed by atoms with van der Waals surface area (Å²) in [5, 5.41) is 4.96. The number of rotatable bonds is 6. The van der Waals surface area contributed by atoms with Gasteiger partial charge in [0.05, 0.1) is 0 Å². The SMILES string of the molecule is CCN(CCNC(C)(C)C)C(C)c1cccc2c1ccn2C. The van der Waals surface area contributed by atoms with E-state index in [1.807, 2.05) is 0 Å². The van der Waals surface area contributed by atoms with Crippen molar-refractivity contribution in [3.05, 3.63) is 36.0 Å². The third-order valence-electron chi connectivity index (χ3n) is 4.42. The van der Waals surface area contributed by atoms with E-state index in [0.717, 1.165) is 19.6 Å². The van der Waals surface area contributed by atoms with Gasteiger partial charge in [0.1, 0.15) is 0 Å². The Morgan fingerprint density at radius 3 is 2.59 bits per heavy atom. The zero-order valence-corrected chi connectivity index (χ0v) is 15.0. The summed E-state index contributed by atoms with van der Waals surface area (Å²) in [4.78, 5) is 2.54. The van der Waals surface area contributed by atoms with Gasteiger partial charge in [-0.3, -0.25) is 4.90 Å². The van der Waals surface area contributed by atoms with Crippen LogP contribution in [0.4, 0.5) is 0 Å². The maximum Gasteiger partial charge on any atom is 0.0481 e. The molecule has 1 N–H and O–H groups in total. The molecule has 0 saturated carbocycles. The molecule has 0 amide bonds. The summed E-state index contributed by atoms with van der Waals surface area (Å²) in [6.45, 7) is 14.4. The smallest absolute Gasteiger partial charge is 0.0481 e. The van der Waals surface area contributed by atoms with Crippen LogP contribution < -0.4 is 5.32 Å². The predicted molar refractivity (Wildman–Crippen MR) is 96.3 cm³/mol. The quantitative estimate of drug-likeness (QED) is 0.872. The highest BCUT2D eigenvalue weighted by Gasteiger charge is 2.18. The molecule has 0 bridgehead atoms. The van der Waals surface area contributed by atoms with Crippen LogP contribution in [0.1, 0.15) is 46.2 Å². The Bertz CT molecular complexity index is 607. The first kappa shape index (κ1) is 17.0. The summed E-state index contributed by atoms with van der Waals surface area (Å²) < 4.78 is 2.20. The van der Waals surface area contributed by atoms with Crippen molar-refractivity contribution in [2.45, 2.75) is 46.2 Å². The molecule has 0 radical (unpaired) electrons. The number of nitrogens with zero attached hydrogens (tertiary/aromatic N) is 2. The lowest BCUT2D eigenvalue weighted by Crippen LogP contribution is -2.42. The zero-order valence-electron chi connectivity index (χ0n) is 15.0. The first-order valence-corrected chi connectivity index (χ1v) is 8.36. The monoisotopic (exact) mass is 301 g/mol. The van der Waals surface area contributed by atoms with Crippen molar-refractivity contribution in [1.82, 2.24) is 14.8 Å². The minimum Gasteiger partial charge on any atom is -0.351 e. The minimum absolute atomic E-state index is 0.183. The highest BCUT2D eigenvalue weighted by atomic mass is 15.2. The third kappa shape index (κ3) is 3.90. The molecule has 1 aromatic carbocycles. The Morgan fingerprint density at radius 2 is 1.95 bits per heavy atom. The Kier molecular flexibility index (Phi) is 5.30. The molecule has 0 aliphatic rings. The number of aryl methyl sites for hydroxylation is 1. The van der Waals surface area contributed by atoms with E-state index < -0.39 is 0 Å². The fourth-order valence-electron chi connectivity index (χ4n) is 3.09. The third-order valence-corrected chi connectivity index (χ3v) is 4.42. The molecular weight excluding hydrogens is 270 g/mol. The fourth-order valence-corrected chi connectivity index (χ4v) is 3.09. The van der Waals surface area contributed by atoms with Crippen LogP contribution in [0.2, 0.25) is 0 Å². The van der Waals surface area contributed by atoms with Crippen molar-refractivity contribution < 1.29 is 0 Å². The van der Waals surface area contributed by atoms with Crippen LogP contribution in [0.25, 0.3) is 10.9 Å². The summed E-state index contributed by atoms with van der Waals surface area (Å²) in [6, 6.07) is 9.31. The van der Waals surface area contributed by atoms with E-state index in [4.69, 9.17) is 0 Å². The van der Waals surface area contributed by atoms with E-state index in [9.17, 15) is 0 Å². The normalized spacial score (nSPS) is 14.0. The lowest BCUT2D eigenvalue weighted by Gasteiger charge is -2.30. The highest BCUT2D eigenvalue weighted by molar-refractivity contribution is 5.84. The molecular formula is C19H31N3. The molecule has 22 heavy (non-hydrogen) atoms. The van der Waals surface area contributed by atoms with Gasteiger partial charge in [-0.1, -0.05) is 19.1 Å². The summed E-state index contributed by atoms with van der Waals surface area (Å²) in [5.41, 5.74) is 2.92. The van der Waals surface area contributed by atoms with Crippen LogP contribution in [-0.4, -0.2) is 34.6 Å². The van der Waals surface area contributed by atoms with Gasteiger partial charge in [0.2, 0.25) is 0 Å². The van der Waals surface area contributed by atoms with Gasteiger partial charge in [-0.2, -0.15) is 0 Å². The number of aromatic nitrogens is 1. The van der Waals surface area contributed by atoms with Gasteiger partial charge >= 0.3 is 0 Å². The number of hydrogen-bond acceptors (Lipinski definition) is 2. The van der Waals surface area contributed by atoms with Crippen LogP contribution in [0.15, 0.2) is 30.5 Å². The number of benzene rings is 1. The van der Waals surface area contributed by atoms with Gasteiger partial charge in [-0.05, 0) is 51.9 Å². The number of fused-ring (bicyclic) bond motifs is 1. The molecule has 1 unspecified atom stereocenters. The Balaban J connectivity index is 2.14. The molecule has 3 heteroatoms. The molecule has 1 heterocycles. The fraction of sp³-hybridized carbons (Fsp3) is 0.579. The van der Waals surface area contributed by atoms with Gasteiger partial charge in [-0.15, -0.1) is 0 Å². The lowest BCUT2D eigenvalue weighted by molar-refractivity contribution is 0.216. The molecule has 122 valence electrons. The van der Waals surface area contributed by atoms with Crippen molar-refractivity contribution in [2.24, 2.45) is 7.05 Å².